The molecule has 0 atom stereocenters. The number of nitrogens with zero attached hydrogens (tertiary/aromatic N) is 5. The largest absolute Gasteiger partial charge is 0.378 e. The second-order valence-corrected chi connectivity index (χ2v) is 6.49. The minimum Gasteiger partial charge on any atom is -0.378 e. The molecule has 0 N–H and O–H groups in total. The maximum absolute atomic E-state index is 12.7. The highest BCUT2D eigenvalue weighted by Crippen LogP contribution is 2.17. The summed E-state index contributed by atoms with van der Waals surface area (Å²) in [5.74, 6) is 0.671. The number of ether oxygens (including phenoxy) is 1. The van der Waals surface area contributed by atoms with Crippen molar-refractivity contribution in [1.29, 1.82) is 0 Å². The molecule has 2 aliphatic heterocycles. The van der Waals surface area contributed by atoms with Crippen LogP contribution in [0.25, 0.3) is 0 Å². The van der Waals surface area contributed by atoms with Crippen molar-refractivity contribution in [3.05, 3.63) is 48.3 Å². The van der Waals surface area contributed by atoms with Gasteiger partial charge in [0, 0.05) is 57.3 Å². The average molecular weight is 353 g/mol. The van der Waals surface area contributed by atoms with Gasteiger partial charge in [-0.25, -0.2) is 9.97 Å². The Morgan fingerprint density at radius 1 is 0.846 bits per heavy atom. The topological polar surface area (TPSA) is 61.8 Å². The quantitative estimate of drug-likeness (QED) is 0.828. The van der Waals surface area contributed by atoms with Crippen LogP contribution in [0, 0.1) is 0 Å². The fraction of sp³-hybridized carbons (Fsp3) is 0.421. The maximum Gasteiger partial charge on any atom is 0.257 e. The summed E-state index contributed by atoms with van der Waals surface area (Å²) >= 11 is 0. The highest BCUT2D eigenvalue weighted by Gasteiger charge is 2.23. The molecule has 3 heterocycles. The number of aromatic nitrogens is 2. The van der Waals surface area contributed by atoms with E-state index < -0.39 is 0 Å². The van der Waals surface area contributed by atoms with Gasteiger partial charge in [-0.05, 0) is 12.1 Å². The zero-order valence-electron chi connectivity index (χ0n) is 14.8. The molecule has 136 valence electrons. The lowest BCUT2D eigenvalue weighted by Gasteiger charge is -2.36. The number of morpholine rings is 1. The number of hydrogen-bond donors (Lipinski definition) is 0. The van der Waals surface area contributed by atoms with Crippen LogP contribution in [0.15, 0.2) is 42.7 Å². The fourth-order valence-corrected chi connectivity index (χ4v) is 3.35. The van der Waals surface area contributed by atoms with Crippen molar-refractivity contribution >= 4 is 17.5 Å². The molecule has 0 spiro atoms. The van der Waals surface area contributed by atoms with E-state index in [4.69, 9.17) is 4.74 Å². The molecule has 2 saturated heterocycles. The molecule has 4 rings (SSSR count). The fourth-order valence-electron chi connectivity index (χ4n) is 3.35. The minimum absolute atomic E-state index is 0.00578. The van der Waals surface area contributed by atoms with Crippen molar-refractivity contribution in [3.63, 3.8) is 0 Å². The molecular formula is C19H23N5O2. The second kappa shape index (κ2) is 7.70. The number of anilines is 2. The van der Waals surface area contributed by atoms with Gasteiger partial charge in [0.1, 0.15) is 0 Å². The third kappa shape index (κ3) is 3.62. The number of carbonyl (C=O) groups is 1. The van der Waals surface area contributed by atoms with E-state index in [-0.39, 0.29) is 5.91 Å². The van der Waals surface area contributed by atoms with Crippen molar-refractivity contribution < 1.29 is 9.53 Å². The number of rotatable bonds is 3. The molecule has 2 aliphatic rings. The van der Waals surface area contributed by atoms with Gasteiger partial charge in [0.15, 0.2) is 0 Å². The first-order valence-electron chi connectivity index (χ1n) is 9.05. The second-order valence-electron chi connectivity index (χ2n) is 6.49. The molecule has 0 unspecified atom stereocenters. The number of benzene rings is 1. The summed E-state index contributed by atoms with van der Waals surface area (Å²) < 4.78 is 5.34. The average Bonchev–Trinajstić information content (AvgIpc) is 2.75. The van der Waals surface area contributed by atoms with Crippen LogP contribution in [0.3, 0.4) is 0 Å². The lowest BCUT2D eigenvalue weighted by molar-refractivity contribution is 0.0746. The number of hydrogen-bond acceptors (Lipinski definition) is 6. The van der Waals surface area contributed by atoms with E-state index in [1.807, 2.05) is 23.1 Å². The summed E-state index contributed by atoms with van der Waals surface area (Å²) in [6.07, 6.45) is 3.29. The van der Waals surface area contributed by atoms with Gasteiger partial charge in [0.25, 0.3) is 5.91 Å². The van der Waals surface area contributed by atoms with Crippen LogP contribution < -0.4 is 9.80 Å². The van der Waals surface area contributed by atoms with Crippen molar-refractivity contribution in [1.82, 2.24) is 14.9 Å². The van der Waals surface area contributed by atoms with Crippen LogP contribution in [0.5, 0.6) is 0 Å². The monoisotopic (exact) mass is 353 g/mol. The van der Waals surface area contributed by atoms with Crippen molar-refractivity contribution in [3.8, 4) is 0 Å². The SMILES string of the molecule is O=C(c1cnc(N2CCOCC2)nc1)N1CCN(c2ccccc2)CC1. The third-order valence-electron chi connectivity index (χ3n) is 4.87. The van der Waals surface area contributed by atoms with Gasteiger partial charge < -0.3 is 19.4 Å². The molecule has 7 heteroatoms. The molecular weight excluding hydrogens is 330 g/mol. The van der Waals surface area contributed by atoms with Gasteiger partial charge in [-0.15, -0.1) is 0 Å². The van der Waals surface area contributed by atoms with Crippen molar-refractivity contribution in [2.45, 2.75) is 0 Å². The number of para-hydroxylation sites is 1. The van der Waals surface area contributed by atoms with Crippen LogP contribution in [0.1, 0.15) is 10.4 Å². The molecule has 0 bridgehead atoms. The Bertz CT molecular complexity index is 723. The summed E-state index contributed by atoms with van der Waals surface area (Å²) in [6.45, 7) is 6.04. The Hall–Kier alpha value is -2.67. The van der Waals surface area contributed by atoms with E-state index in [2.05, 4.69) is 31.9 Å². The van der Waals surface area contributed by atoms with Crippen LogP contribution >= 0.6 is 0 Å². The Morgan fingerprint density at radius 3 is 2.15 bits per heavy atom. The van der Waals surface area contributed by atoms with E-state index >= 15 is 0 Å². The summed E-state index contributed by atoms with van der Waals surface area (Å²) in [5.41, 5.74) is 1.76. The van der Waals surface area contributed by atoms with Crippen LogP contribution in [-0.4, -0.2) is 73.3 Å². The van der Waals surface area contributed by atoms with Crippen LogP contribution in [-0.2, 0) is 4.74 Å². The van der Waals surface area contributed by atoms with Gasteiger partial charge in [-0.1, -0.05) is 18.2 Å². The highest BCUT2D eigenvalue weighted by atomic mass is 16.5. The Kier molecular flexibility index (Phi) is 4.97. The Balaban J connectivity index is 1.36. The summed E-state index contributed by atoms with van der Waals surface area (Å²) in [5, 5.41) is 0. The van der Waals surface area contributed by atoms with Crippen LogP contribution in [0.4, 0.5) is 11.6 Å². The molecule has 1 aromatic carbocycles. The number of amides is 1. The van der Waals surface area contributed by atoms with Crippen molar-refractivity contribution in [2.75, 3.05) is 62.3 Å². The molecule has 2 aromatic rings. The van der Waals surface area contributed by atoms with Gasteiger partial charge in [-0.3, -0.25) is 4.79 Å². The number of piperazine rings is 1. The first kappa shape index (κ1) is 16.8. The minimum atomic E-state index is 0.00578. The molecule has 7 nitrogen and oxygen atoms in total. The standard InChI is InChI=1S/C19H23N5O2/c25-18(16-14-20-19(21-15-16)24-10-12-26-13-11-24)23-8-6-22(7-9-23)17-4-2-1-3-5-17/h1-5,14-15H,6-13H2. The molecule has 26 heavy (non-hydrogen) atoms. The predicted molar refractivity (Wildman–Crippen MR) is 99.6 cm³/mol. The van der Waals surface area contributed by atoms with Crippen LogP contribution in [0.2, 0.25) is 0 Å². The smallest absolute Gasteiger partial charge is 0.257 e. The molecule has 0 saturated carbocycles. The summed E-state index contributed by atoms with van der Waals surface area (Å²) in [6, 6.07) is 10.3. The van der Waals surface area contributed by atoms with E-state index in [9.17, 15) is 4.79 Å². The maximum atomic E-state index is 12.7. The highest BCUT2D eigenvalue weighted by molar-refractivity contribution is 5.93. The molecule has 1 aromatic heterocycles. The normalized spacial score (nSPS) is 18.1. The van der Waals surface area contributed by atoms with Crippen molar-refractivity contribution in [2.24, 2.45) is 0 Å². The van der Waals surface area contributed by atoms with E-state index in [0.717, 1.165) is 26.2 Å². The molecule has 1 amide bonds. The predicted octanol–water partition coefficient (Wildman–Crippen LogP) is 1.28. The Labute approximate surface area is 153 Å². The van der Waals surface area contributed by atoms with Gasteiger partial charge >= 0.3 is 0 Å². The van der Waals surface area contributed by atoms with E-state index in [1.54, 1.807) is 12.4 Å². The van der Waals surface area contributed by atoms with Gasteiger partial charge in [0.2, 0.25) is 5.95 Å². The lowest BCUT2D eigenvalue weighted by Crippen LogP contribution is -2.48. The number of carbonyl (C=O) groups excluding carboxylic acids is 1. The summed E-state index contributed by atoms with van der Waals surface area (Å²) in [4.78, 5) is 27.8. The van der Waals surface area contributed by atoms with Gasteiger partial charge in [0.05, 0.1) is 18.8 Å². The van der Waals surface area contributed by atoms with Gasteiger partial charge in [-0.2, -0.15) is 0 Å². The zero-order chi connectivity index (χ0) is 17.8. The molecule has 0 aliphatic carbocycles. The molecule has 0 radical (unpaired) electrons. The van der Waals surface area contributed by atoms with E-state index in [0.29, 0.717) is 37.8 Å². The van der Waals surface area contributed by atoms with E-state index in [1.165, 1.54) is 5.69 Å². The zero-order valence-corrected chi connectivity index (χ0v) is 14.8. The lowest BCUT2D eigenvalue weighted by atomic mass is 10.2. The first-order valence-corrected chi connectivity index (χ1v) is 9.05. The Morgan fingerprint density at radius 2 is 1.50 bits per heavy atom. The molecule has 2 fully saturated rings. The first-order chi connectivity index (χ1) is 12.8. The summed E-state index contributed by atoms with van der Waals surface area (Å²) in [7, 11) is 0. The third-order valence-corrected chi connectivity index (χ3v) is 4.87.